The lowest BCUT2D eigenvalue weighted by Gasteiger charge is -2.07. The van der Waals surface area contributed by atoms with Gasteiger partial charge in [0.1, 0.15) is 5.69 Å². The summed E-state index contributed by atoms with van der Waals surface area (Å²) in [6, 6.07) is 3.54. The van der Waals surface area contributed by atoms with Gasteiger partial charge < -0.3 is 15.0 Å². The van der Waals surface area contributed by atoms with Crippen molar-refractivity contribution in [1.29, 1.82) is 0 Å². The zero-order chi connectivity index (χ0) is 13.8. The number of anilines is 1. The molecule has 19 heavy (non-hydrogen) atoms. The molecular formula is C13H18N4O2. The van der Waals surface area contributed by atoms with Crippen LogP contribution in [-0.4, -0.2) is 26.9 Å². The predicted octanol–water partition coefficient (Wildman–Crippen LogP) is 1.22. The van der Waals surface area contributed by atoms with Crippen molar-refractivity contribution >= 4 is 11.7 Å². The molecule has 0 aliphatic rings. The van der Waals surface area contributed by atoms with Gasteiger partial charge in [0.25, 0.3) is 0 Å². The van der Waals surface area contributed by atoms with E-state index in [2.05, 4.69) is 5.10 Å². The Kier molecular flexibility index (Phi) is 3.89. The summed E-state index contributed by atoms with van der Waals surface area (Å²) in [5, 5.41) is 4.06. The van der Waals surface area contributed by atoms with Gasteiger partial charge in [-0.05, 0) is 19.1 Å². The van der Waals surface area contributed by atoms with Crippen molar-refractivity contribution in [2.45, 2.75) is 19.9 Å². The molecular weight excluding hydrogens is 244 g/mol. The van der Waals surface area contributed by atoms with Crippen LogP contribution in [0.25, 0.3) is 0 Å². The number of nitrogens with zero attached hydrogens (tertiary/aromatic N) is 3. The average molecular weight is 262 g/mol. The highest BCUT2D eigenvalue weighted by Crippen LogP contribution is 2.12. The van der Waals surface area contributed by atoms with E-state index in [0.29, 0.717) is 31.0 Å². The highest BCUT2D eigenvalue weighted by atomic mass is 16.5. The van der Waals surface area contributed by atoms with Crippen molar-refractivity contribution in [3.05, 3.63) is 35.9 Å². The minimum Gasteiger partial charge on any atom is -0.461 e. The summed E-state index contributed by atoms with van der Waals surface area (Å²) >= 11 is 0. The number of esters is 1. The largest absolute Gasteiger partial charge is 0.461 e. The normalized spacial score (nSPS) is 10.6. The first kappa shape index (κ1) is 13.2. The van der Waals surface area contributed by atoms with Crippen LogP contribution in [0.1, 0.15) is 23.1 Å². The molecule has 0 saturated carbocycles. The molecule has 2 heterocycles. The van der Waals surface area contributed by atoms with Crippen molar-refractivity contribution in [3.63, 3.8) is 0 Å². The van der Waals surface area contributed by atoms with Gasteiger partial charge in [-0.3, -0.25) is 4.68 Å². The van der Waals surface area contributed by atoms with Gasteiger partial charge in [0.2, 0.25) is 0 Å². The highest BCUT2D eigenvalue weighted by molar-refractivity contribution is 5.89. The molecule has 0 aliphatic carbocycles. The molecule has 0 radical (unpaired) electrons. The van der Waals surface area contributed by atoms with E-state index in [1.807, 2.05) is 20.0 Å². The Morgan fingerprint density at radius 2 is 2.32 bits per heavy atom. The van der Waals surface area contributed by atoms with Gasteiger partial charge in [-0.25, -0.2) is 4.79 Å². The SMILES string of the molecule is CCn1cc(N)cc1C(=O)OCCc1ccnn1C. The van der Waals surface area contributed by atoms with Crippen LogP contribution < -0.4 is 5.73 Å². The lowest BCUT2D eigenvalue weighted by Crippen LogP contribution is -2.13. The van der Waals surface area contributed by atoms with Crippen LogP contribution in [0.5, 0.6) is 0 Å². The van der Waals surface area contributed by atoms with E-state index in [9.17, 15) is 4.79 Å². The van der Waals surface area contributed by atoms with Crippen LogP contribution in [0.4, 0.5) is 5.69 Å². The first-order valence-corrected chi connectivity index (χ1v) is 6.21. The summed E-state index contributed by atoms with van der Waals surface area (Å²) in [6.07, 6.45) is 4.10. The summed E-state index contributed by atoms with van der Waals surface area (Å²) < 4.78 is 8.80. The molecule has 2 aromatic rings. The third-order valence-electron chi connectivity index (χ3n) is 2.98. The molecule has 0 saturated heterocycles. The summed E-state index contributed by atoms with van der Waals surface area (Å²) in [5.41, 5.74) is 7.76. The molecule has 0 amide bonds. The zero-order valence-corrected chi connectivity index (χ0v) is 11.2. The Bertz CT molecular complexity index is 571. The van der Waals surface area contributed by atoms with Crippen LogP contribution in [0, 0.1) is 0 Å². The fraction of sp³-hybridized carbons (Fsp3) is 0.385. The van der Waals surface area contributed by atoms with Crippen LogP contribution in [0.2, 0.25) is 0 Å². The second kappa shape index (κ2) is 5.60. The van der Waals surface area contributed by atoms with Crippen molar-refractivity contribution in [3.8, 4) is 0 Å². The van der Waals surface area contributed by atoms with Gasteiger partial charge in [-0.2, -0.15) is 5.10 Å². The standard InChI is InChI=1S/C13H18N4O2/c1-3-17-9-10(14)8-12(17)13(18)19-7-5-11-4-6-15-16(11)2/h4,6,8-9H,3,5,7,14H2,1-2H3. The molecule has 6 heteroatoms. The van der Waals surface area contributed by atoms with Crippen LogP contribution in [-0.2, 0) is 24.8 Å². The molecule has 0 atom stereocenters. The van der Waals surface area contributed by atoms with Crippen molar-refractivity contribution in [2.75, 3.05) is 12.3 Å². The summed E-state index contributed by atoms with van der Waals surface area (Å²) in [4.78, 5) is 11.9. The Hall–Kier alpha value is -2.24. The first-order valence-electron chi connectivity index (χ1n) is 6.21. The topological polar surface area (TPSA) is 75.1 Å². The predicted molar refractivity (Wildman–Crippen MR) is 71.7 cm³/mol. The molecule has 2 N–H and O–H groups in total. The molecule has 102 valence electrons. The number of nitrogens with two attached hydrogens (primary N) is 1. The number of nitrogen functional groups attached to an aromatic ring is 1. The fourth-order valence-corrected chi connectivity index (χ4v) is 1.93. The average Bonchev–Trinajstić information content (AvgIpc) is 2.95. The maximum absolute atomic E-state index is 11.9. The Labute approximate surface area is 111 Å². The number of aromatic nitrogens is 3. The quantitative estimate of drug-likeness (QED) is 0.822. The van der Waals surface area contributed by atoms with E-state index in [4.69, 9.17) is 10.5 Å². The Balaban J connectivity index is 1.92. The van der Waals surface area contributed by atoms with E-state index in [1.165, 1.54) is 0 Å². The molecule has 0 aliphatic heterocycles. The van der Waals surface area contributed by atoms with E-state index in [1.54, 1.807) is 27.7 Å². The van der Waals surface area contributed by atoms with Crippen molar-refractivity contribution in [2.24, 2.45) is 7.05 Å². The second-order valence-electron chi connectivity index (χ2n) is 4.28. The van der Waals surface area contributed by atoms with Crippen LogP contribution >= 0.6 is 0 Å². The summed E-state index contributed by atoms with van der Waals surface area (Å²) in [5.74, 6) is -0.347. The molecule has 0 bridgehead atoms. The lowest BCUT2D eigenvalue weighted by atomic mass is 10.3. The number of hydrogen-bond donors (Lipinski definition) is 1. The van der Waals surface area contributed by atoms with E-state index in [0.717, 1.165) is 5.69 Å². The van der Waals surface area contributed by atoms with Gasteiger partial charge in [-0.1, -0.05) is 0 Å². The monoisotopic (exact) mass is 262 g/mol. The zero-order valence-electron chi connectivity index (χ0n) is 11.2. The number of hydrogen-bond acceptors (Lipinski definition) is 4. The Morgan fingerprint density at radius 3 is 2.95 bits per heavy atom. The van der Waals surface area contributed by atoms with Crippen molar-refractivity contribution in [1.82, 2.24) is 14.3 Å². The molecule has 0 aromatic carbocycles. The van der Waals surface area contributed by atoms with Gasteiger partial charge in [-0.15, -0.1) is 0 Å². The second-order valence-corrected chi connectivity index (χ2v) is 4.28. The number of carbonyl (C=O) groups excluding carboxylic acids is 1. The van der Waals surface area contributed by atoms with Gasteiger partial charge in [0.15, 0.2) is 0 Å². The third-order valence-corrected chi connectivity index (χ3v) is 2.98. The lowest BCUT2D eigenvalue weighted by molar-refractivity contribution is 0.0495. The van der Waals surface area contributed by atoms with E-state index >= 15 is 0 Å². The number of ether oxygens (including phenoxy) is 1. The Morgan fingerprint density at radius 1 is 1.53 bits per heavy atom. The minimum atomic E-state index is -0.347. The van der Waals surface area contributed by atoms with Gasteiger partial charge in [0.05, 0.1) is 12.3 Å². The molecule has 0 spiro atoms. The van der Waals surface area contributed by atoms with Crippen molar-refractivity contribution < 1.29 is 9.53 Å². The summed E-state index contributed by atoms with van der Waals surface area (Å²) in [7, 11) is 1.86. The molecule has 0 fully saturated rings. The van der Waals surface area contributed by atoms with E-state index in [-0.39, 0.29) is 5.97 Å². The molecule has 2 aromatic heterocycles. The van der Waals surface area contributed by atoms with Crippen LogP contribution in [0.15, 0.2) is 24.5 Å². The van der Waals surface area contributed by atoms with Gasteiger partial charge >= 0.3 is 5.97 Å². The maximum Gasteiger partial charge on any atom is 0.355 e. The number of carbonyl (C=O) groups is 1. The number of aryl methyl sites for hydroxylation is 2. The highest BCUT2D eigenvalue weighted by Gasteiger charge is 2.13. The first-order chi connectivity index (χ1) is 9.11. The maximum atomic E-state index is 11.9. The minimum absolute atomic E-state index is 0.327. The molecule has 2 rings (SSSR count). The van der Waals surface area contributed by atoms with E-state index < -0.39 is 0 Å². The molecule has 6 nitrogen and oxygen atoms in total. The third kappa shape index (κ3) is 2.96. The summed E-state index contributed by atoms with van der Waals surface area (Å²) in [6.45, 7) is 2.96. The molecule has 0 unspecified atom stereocenters. The van der Waals surface area contributed by atoms with Crippen LogP contribution in [0.3, 0.4) is 0 Å². The van der Waals surface area contributed by atoms with Gasteiger partial charge in [0, 0.05) is 38.1 Å². The number of rotatable bonds is 5. The fourth-order valence-electron chi connectivity index (χ4n) is 1.93. The smallest absolute Gasteiger partial charge is 0.355 e.